The average Bonchev–Trinajstić information content (AvgIpc) is 3.75. The zero-order chi connectivity index (χ0) is 33.7. The Bertz CT molecular complexity index is 1680. The summed E-state index contributed by atoms with van der Waals surface area (Å²) in [5.74, 6) is -0.444. The average molecular weight is 693 g/mol. The van der Waals surface area contributed by atoms with Gasteiger partial charge in [-0.2, -0.15) is 28.1 Å². The van der Waals surface area contributed by atoms with Crippen molar-refractivity contribution in [3.8, 4) is 6.01 Å². The topological polar surface area (TPSA) is 128 Å². The molecule has 1 N–H and O–H groups in total. The number of alkyl halides is 3. The molecule has 0 aliphatic heterocycles. The summed E-state index contributed by atoms with van der Waals surface area (Å²) in [4.78, 5) is 37.5. The van der Waals surface area contributed by atoms with Crippen molar-refractivity contribution < 1.29 is 35.9 Å². The first-order valence-electron chi connectivity index (χ1n) is 15.6. The van der Waals surface area contributed by atoms with Gasteiger partial charge in [-0.05, 0) is 61.8 Å². The molecule has 252 valence electrons. The maximum atomic E-state index is 12.9. The van der Waals surface area contributed by atoms with Crippen molar-refractivity contribution in [2.45, 2.75) is 87.6 Å². The molecule has 47 heavy (non-hydrogen) atoms. The van der Waals surface area contributed by atoms with E-state index in [-0.39, 0.29) is 47.9 Å². The number of carbonyl (C=O) groups is 2. The first-order valence-corrected chi connectivity index (χ1v) is 17.7. The second kappa shape index (κ2) is 14.7. The SMILES string of the molecule is O=C(CCCCCC(=O)c1ccc(Cc2nc(NC3(c4ccc(Cl)cc4)CC3)nc(OCC(F)(F)F)n2)cc1)CS(=O)(=O)C1CCC1. The molecule has 1 aromatic heterocycles. The zero-order valence-corrected chi connectivity index (χ0v) is 27.3. The summed E-state index contributed by atoms with van der Waals surface area (Å²) in [7, 11) is -3.34. The third-order valence-corrected chi connectivity index (χ3v) is 10.9. The van der Waals surface area contributed by atoms with Gasteiger partial charge in [-0.3, -0.25) is 9.59 Å². The first-order chi connectivity index (χ1) is 22.3. The molecule has 3 aromatic rings. The van der Waals surface area contributed by atoms with Gasteiger partial charge in [0.25, 0.3) is 0 Å². The minimum absolute atomic E-state index is 0.0677. The van der Waals surface area contributed by atoms with Crippen LogP contribution in [0.3, 0.4) is 0 Å². The summed E-state index contributed by atoms with van der Waals surface area (Å²) >= 11 is 6.03. The predicted molar refractivity (Wildman–Crippen MR) is 170 cm³/mol. The van der Waals surface area contributed by atoms with E-state index in [4.69, 9.17) is 16.3 Å². The number of nitrogens with zero attached hydrogens (tertiary/aromatic N) is 3. The molecule has 0 atom stereocenters. The summed E-state index contributed by atoms with van der Waals surface area (Å²) < 4.78 is 67.8. The third kappa shape index (κ3) is 9.96. The quantitative estimate of drug-likeness (QED) is 0.120. The van der Waals surface area contributed by atoms with E-state index < -0.39 is 39.9 Å². The monoisotopic (exact) mass is 692 g/mol. The molecule has 2 aromatic carbocycles. The maximum absolute atomic E-state index is 12.9. The number of rotatable bonds is 17. The van der Waals surface area contributed by atoms with Crippen LogP contribution in [0, 0.1) is 0 Å². The molecule has 0 saturated heterocycles. The van der Waals surface area contributed by atoms with E-state index in [1.165, 1.54) is 0 Å². The molecule has 2 saturated carbocycles. The van der Waals surface area contributed by atoms with Crippen molar-refractivity contribution in [2.75, 3.05) is 17.7 Å². The van der Waals surface area contributed by atoms with E-state index >= 15 is 0 Å². The number of hydrogen-bond acceptors (Lipinski definition) is 9. The van der Waals surface area contributed by atoms with Crippen LogP contribution in [0.5, 0.6) is 6.01 Å². The van der Waals surface area contributed by atoms with Gasteiger partial charge in [0.15, 0.2) is 22.2 Å². The Hall–Kier alpha value is -3.58. The second-order valence-electron chi connectivity index (χ2n) is 12.2. The van der Waals surface area contributed by atoms with Crippen LogP contribution in [0.4, 0.5) is 19.1 Å². The fourth-order valence-corrected chi connectivity index (χ4v) is 7.41. The Kier molecular flexibility index (Phi) is 10.8. The number of sulfone groups is 1. The van der Waals surface area contributed by atoms with Crippen LogP contribution in [0.15, 0.2) is 48.5 Å². The van der Waals surface area contributed by atoms with Gasteiger partial charge in [0.2, 0.25) is 5.95 Å². The maximum Gasteiger partial charge on any atom is 0.422 e. The summed E-state index contributed by atoms with van der Waals surface area (Å²) in [6, 6.07) is 13.6. The molecule has 0 bridgehead atoms. The molecule has 2 aliphatic rings. The van der Waals surface area contributed by atoms with Crippen LogP contribution < -0.4 is 10.1 Å². The van der Waals surface area contributed by atoms with E-state index in [0.717, 1.165) is 30.4 Å². The van der Waals surface area contributed by atoms with Gasteiger partial charge < -0.3 is 10.1 Å². The number of aromatic nitrogens is 3. The lowest BCUT2D eigenvalue weighted by Gasteiger charge is -2.24. The smallest absolute Gasteiger partial charge is 0.422 e. The van der Waals surface area contributed by atoms with Crippen LogP contribution >= 0.6 is 11.6 Å². The second-order valence-corrected chi connectivity index (χ2v) is 14.9. The van der Waals surface area contributed by atoms with E-state index in [1.54, 1.807) is 36.4 Å². The lowest BCUT2D eigenvalue weighted by molar-refractivity contribution is -0.154. The molecule has 0 unspecified atom stereocenters. The van der Waals surface area contributed by atoms with Gasteiger partial charge in [-0.1, -0.05) is 60.8 Å². The van der Waals surface area contributed by atoms with Crippen molar-refractivity contribution in [3.05, 3.63) is 76.1 Å². The van der Waals surface area contributed by atoms with Crippen LogP contribution in [-0.4, -0.2) is 58.7 Å². The van der Waals surface area contributed by atoms with E-state index in [1.807, 2.05) is 12.1 Å². The molecule has 5 rings (SSSR count). The Labute approximate surface area is 276 Å². The highest BCUT2D eigenvalue weighted by Crippen LogP contribution is 2.48. The molecule has 0 radical (unpaired) electrons. The number of carbonyl (C=O) groups excluding carboxylic acids is 2. The summed E-state index contributed by atoms with van der Waals surface area (Å²) in [5, 5.41) is 3.47. The molecule has 2 fully saturated rings. The van der Waals surface area contributed by atoms with Crippen molar-refractivity contribution >= 4 is 39.0 Å². The van der Waals surface area contributed by atoms with Gasteiger partial charge in [0.1, 0.15) is 17.4 Å². The lowest BCUT2D eigenvalue weighted by Crippen LogP contribution is -2.33. The standard InChI is InChI=1S/C33H36ClF3N4O5S/c34-25-15-13-24(14-16-25)32(17-18-32)41-30-38-29(39-31(40-30)46-21-33(35,36)37)19-22-9-11-23(12-10-22)28(43)8-3-1-2-5-26(42)20-47(44,45)27-6-4-7-27/h9-16,27H,1-8,17-21H2,(H,38,39,40,41). The number of Topliss-reactive ketones (excluding diaryl/α,β-unsaturated/α-hetero) is 2. The molecule has 2 aliphatic carbocycles. The van der Waals surface area contributed by atoms with Crippen LogP contribution in [-0.2, 0) is 26.6 Å². The number of anilines is 1. The minimum atomic E-state index is -4.57. The summed E-state index contributed by atoms with van der Waals surface area (Å²) in [6.07, 6.45) is 1.51. The van der Waals surface area contributed by atoms with Gasteiger partial charge in [-0.25, -0.2) is 8.42 Å². The summed E-state index contributed by atoms with van der Waals surface area (Å²) in [5.41, 5.74) is 1.71. The number of halogens is 4. The Morgan fingerprint density at radius 1 is 0.936 bits per heavy atom. The molecule has 0 spiro atoms. The van der Waals surface area contributed by atoms with Crippen LogP contribution in [0.1, 0.15) is 91.5 Å². The van der Waals surface area contributed by atoms with Crippen molar-refractivity contribution in [3.63, 3.8) is 0 Å². The Balaban J connectivity index is 1.15. The fraction of sp³-hybridized carbons (Fsp3) is 0.485. The summed E-state index contributed by atoms with van der Waals surface area (Å²) in [6.45, 7) is -1.55. The minimum Gasteiger partial charge on any atom is -0.454 e. The highest BCUT2D eigenvalue weighted by molar-refractivity contribution is 7.92. The van der Waals surface area contributed by atoms with Gasteiger partial charge in [0, 0.05) is 29.8 Å². The number of ether oxygens (including phenoxy) is 1. The van der Waals surface area contributed by atoms with Crippen LogP contribution in [0.25, 0.3) is 0 Å². The molecule has 9 nitrogen and oxygen atoms in total. The predicted octanol–water partition coefficient (Wildman–Crippen LogP) is 6.83. The van der Waals surface area contributed by atoms with Gasteiger partial charge >= 0.3 is 12.2 Å². The van der Waals surface area contributed by atoms with Gasteiger partial charge in [-0.15, -0.1) is 0 Å². The number of ketones is 2. The number of nitrogens with one attached hydrogen (secondary N) is 1. The zero-order valence-electron chi connectivity index (χ0n) is 25.7. The number of unbranched alkanes of at least 4 members (excludes halogenated alkanes) is 2. The third-order valence-electron chi connectivity index (χ3n) is 8.44. The number of benzene rings is 2. The molecular formula is C33H36ClF3N4O5S. The highest BCUT2D eigenvalue weighted by Gasteiger charge is 2.45. The number of hydrogen-bond donors (Lipinski definition) is 1. The molecular weight excluding hydrogens is 657 g/mol. The normalized spacial score (nSPS) is 15.9. The Morgan fingerprint density at radius 3 is 2.23 bits per heavy atom. The van der Waals surface area contributed by atoms with Crippen LogP contribution in [0.2, 0.25) is 5.02 Å². The van der Waals surface area contributed by atoms with Crippen molar-refractivity contribution in [2.24, 2.45) is 0 Å². The van der Waals surface area contributed by atoms with Gasteiger partial charge in [0.05, 0.1) is 10.8 Å². The molecule has 0 amide bonds. The first kappa shape index (κ1) is 34.7. The van der Waals surface area contributed by atoms with E-state index in [2.05, 4.69) is 20.3 Å². The Morgan fingerprint density at radius 2 is 1.62 bits per heavy atom. The molecule has 14 heteroatoms. The fourth-order valence-electron chi connectivity index (χ4n) is 5.40. The van der Waals surface area contributed by atoms with E-state index in [0.29, 0.717) is 42.7 Å². The van der Waals surface area contributed by atoms with E-state index in [9.17, 15) is 31.2 Å². The molecule has 1 heterocycles. The largest absolute Gasteiger partial charge is 0.454 e. The highest BCUT2D eigenvalue weighted by atomic mass is 35.5. The van der Waals surface area contributed by atoms with Crippen molar-refractivity contribution in [1.29, 1.82) is 0 Å². The van der Waals surface area contributed by atoms with Crippen molar-refractivity contribution in [1.82, 2.24) is 15.0 Å². The lowest BCUT2D eigenvalue weighted by atomic mass is 10.00.